The molecule has 1 amide bonds. The fourth-order valence-electron chi connectivity index (χ4n) is 2.52. The smallest absolute Gasteiger partial charge is 0.410 e. The maximum Gasteiger partial charge on any atom is 0.410 e. The summed E-state index contributed by atoms with van der Waals surface area (Å²) >= 11 is 0. The van der Waals surface area contributed by atoms with Crippen LogP contribution >= 0.6 is 0 Å². The summed E-state index contributed by atoms with van der Waals surface area (Å²) in [5, 5.41) is 3.31. The number of hydrogen-bond acceptors (Lipinski definition) is 6. The molecule has 7 heteroatoms. The zero-order chi connectivity index (χ0) is 17.7. The van der Waals surface area contributed by atoms with Crippen molar-refractivity contribution in [1.82, 2.24) is 15.2 Å². The van der Waals surface area contributed by atoms with E-state index in [1.54, 1.807) is 17.0 Å². The number of carbonyl (C=O) groups excluding carboxylic acids is 2. The van der Waals surface area contributed by atoms with Gasteiger partial charge in [0.05, 0.1) is 24.4 Å². The van der Waals surface area contributed by atoms with E-state index in [4.69, 9.17) is 4.74 Å². The number of aromatic nitrogens is 1. The molecule has 24 heavy (non-hydrogen) atoms. The number of nitrogens with one attached hydrogen (secondary N) is 1. The van der Waals surface area contributed by atoms with Crippen molar-refractivity contribution in [3.8, 4) is 0 Å². The number of ether oxygens (including phenoxy) is 2. The largest absolute Gasteiger partial charge is 0.465 e. The van der Waals surface area contributed by atoms with Gasteiger partial charge < -0.3 is 14.8 Å². The summed E-state index contributed by atoms with van der Waals surface area (Å²) in [5.41, 5.74) is 0.540. The van der Waals surface area contributed by atoms with E-state index < -0.39 is 11.6 Å². The van der Waals surface area contributed by atoms with Gasteiger partial charge in [0.1, 0.15) is 5.60 Å². The first-order valence-corrected chi connectivity index (χ1v) is 8.06. The minimum absolute atomic E-state index is 0.242. The predicted octanol–water partition coefficient (Wildman–Crippen LogP) is 2.14. The van der Waals surface area contributed by atoms with Gasteiger partial charge in [-0.25, -0.2) is 9.59 Å². The van der Waals surface area contributed by atoms with Crippen LogP contribution in [0.4, 0.5) is 4.79 Å². The normalized spacial score (nSPS) is 18.7. The molecule has 1 aliphatic heterocycles. The summed E-state index contributed by atoms with van der Waals surface area (Å²) < 4.78 is 10.2. The van der Waals surface area contributed by atoms with Gasteiger partial charge in [-0.05, 0) is 45.9 Å². The highest BCUT2D eigenvalue weighted by Gasteiger charge is 2.31. The fourth-order valence-corrected chi connectivity index (χ4v) is 2.52. The summed E-state index contributed by atoms with van der Waals surface area (Å²) in [6, 6.07) is 3.17. The molecule has 0 bridgehead atoms. The van der Waals surface area contributed by atoms with E-state index in [0.29, 0.717) is 24.3 Å². The Morgan fingerprint density at radius 1 is 1.33 bits per heavy atom. The molecule has 7 nitrogen and oxygen atoms in total. The van der Waals surface area contributed by atoms with Crippen LogP contribution in [0.3, 0.4) is 0 Å². The molecule has 0 radical (unpaired) electrons. The lowest BCUT2D eigenvalue weighted by Crippen LogP contribution is -2.41. The second-order valence-electron chi connectivity index (χ2n) is 6.71. The second-order valence-corrected chi connectivity index (χ2v) is 6.71. The van der Waals surface area contributed by atoms with Gasteiger partial charge in [0.25, 0.3) is 0 Å². The fraction of sp³-hybridized carbons (Fsp3) is 0.588. The summed E-state index contributed by atoms with van der Waals surface area (Å²) in [6.07, 6.45) is 1.96. The van der Waals surface area contributed by atoms with Gasteiger partial charge >= 0.3 is 12.1 Å². The zero-order valence-corrected chi connectivity index (χ0v) is 14.7. The maximum absolute atomic E-state index is 12.5. The Balaban J connectivity index is 2.22. The highest BCUT2D eigenvalue weighted by molar-refractivity contribution is 5.88. The molecule has 0 aliphatic carbocycles. The van der Waals surface area contributed by atoms with E-state index in [2.05, 4.69) is 15.0 Å². The minimum Gasteiger partial charge on any atom is -0.465 e. The number of carbonyl (C=O) groups is 2. The van der Waals surface area contributed by atoms with Gasteiger partial charge in [-0.15, -0.1) is 0 Å². The van der Waals surface area contributed by atoms with Crippen LogP contribution in [-0.4, -0.2) is 54.3 Å². The molecule has 1 unspecified atom stereocenters. The van der Waals surface area contributed by atoms with E-state index in [1.165, 1.54) is 13.3 Å². The van der Waals surface area contributed by atoms with Crippen molar-refractivity contribution in [2.24, 2.45) is 0 Å². The van der Waals surface area contributed by atoms with Crippen molar-refractivity contribution in [2.75, 3.05) is 26.7 Å². The summed E-state index contributed by atoms with van der Waals surface area (Å²) in [7, 11) is 1.33. The van der Waals surface area contributed by atoms with Crippen LogP contribution in [0.15, 0.2) is 18.3 Å². The Morgan fingerprint density at radius 3 is 2.67 bits per heavy atom. The lowest BCUT2D eigenvalue weighted by atomic mass is 10.1. The van der Waals surface area contributed by atoms with Crippen LogP contribution in [0, 0.1) is 0 Å². The number of nitrogens with zero attached hydrogens (tertiary/aromatic N) is 2. The molecule has 1 aliphatic rings. The summed E-state index contributed by atoms with van der Waals surface area (Å²) in [5.74, 6) is -0.433. The lowest BCUT2D eigenvalue weighted by Gasteiger charge is -2.31. The van der Waals surface area contributed by atoms with Gasteiger partial charge in [0.15, 0.2) is 0 Å². The number of methoxy groups -OCH3 is 1. The molecule has 0 saturated carbocycles. The van der Waals surface area contributed by atoms with Crippen LogP contribution in [-0.2, 0) is 9.47 Å². The molecule has 2 rings (SSSR count). The van der Waals surface area contributed by atoms with Gasteiger partial charge in [0.2, 0.25) is 0 Å². The lowest BCUT2D eigenvalue weighted by molar-refractivity contribution is 0.0170. The Labute approximate surface area is 142 Å². The quantitative estimate of drug-likeness (QED) is 0.834. The van der Waals surface area contributed by atoms with E-state index in [-0.39, 0.29) is 12.1 Å². The van der Waals surface area contributed by atoms with Crippen molar-refractivity contribution in [3.05, 3.63) is 29.6 Å². The summed E-state index contributed by atoms with van der Waals surface area (Å²) in [6.45, 7) is 7.55. The van der Waals surface area contributed by atoms with Crippen molar-refractivity contribution in [2.45, 2.75) is 38.8 Å². The first-order valence-electron chi connectivity index (χ1n) is 8.06. The third-order valence-electron chi connectivity index (χ3n) is 3.64. The van der Waals surface area contributed by atoms with Crippen molar-refractivity contribution in [1.29, 1.82) is 0 Å². The molecule has 0 spiro atoms. The first kappa shape index (κ1) is 18.2. The summed E-state index contributed by atoms with van der Waals surface area (Å²) in [4.78, 5) is 30.1. The number of amides is 1. The van der Waals surface area contributed by atoms with Crippen molar-refractivity contribution >= 4 is 12.1 Å². The first-order chi connectivity index (χ1) is 11.3. The number of pyridine rings is 1. The van der Waals surface area contributed by atoms with Gasteiger partial charge in [-0.2, -0.15) is 0 Å². The molecule has 132 valence electrons. The topological polar surface area (TPSA) is 80.8 Å². The van der Waals surface area contributed by atoms with E-state index in [9.17, 15) is 9.59 Å². The molecule has 1 fully saturated rings. The molecule has 1 atom stereocenters. The minimum atomic E-state index is -0.552. The molecular formula is C17H25N3O4. The van der Waals surface area contributed by atoms with Gasteiger partial charge in [-0.1, -0.05) is 0 Å². The molecule has 1 saturated heterocycles. The third-order valence-corrected chi connectivity index (χ3v) is 3.64. The van der Waals surface area contributed by atoms with E-state index >= 15 is 0 Å². The second kappa shape index (κ2) is 7.61. The molecule has 1 N–H and O–H groups in total. The highest BCUT2D eigenvalue weighted by atomic mass is 16.6. The molecule has 0 aromatic carbocycles. The SMILES string of the molecule is COC(=O)c1ccc(C2CNCCCN2C(=O)OC(C)(C)C)nc1. The van der Waals surface area contributed by atoms with Gasteiger partial charge in [0, 0.05) is 19.3 Å². The average molecular weight is 335 g/mol. The Bertz CT molecular complexity index is 580. The Morgan fingerprint density at radius 2 is 2.08 bits per heavy atom. The van der Waals surface area contributed by atoms with Crippen LogP contribution in [0.2, 0.25) is 0 Å². The number of rotatable bonds is 2. The number of esters is 1. The zero-order valence-electron chi connectivity index (χ0n) is 14.7. The average Bonchev–Trinajstić information content (AvgIpc) is 2.78. The maximum atomic E-state index is 12.5. The Kier molecular flexibility index (Phi) is 5.77. The molecule has 1 aromatic rings. The van der Waals surface area contributed by atoms with Crippen LogP contribution < -0.4 is 5.32 Å². The molecule has 2 heterocycles. The van der Waals surface area contributed by atoms with Crippen LogP contribution in [0.5, 0.6) is 0 Å². The van der Waals surface area contributed by atoms with E-state index in [1.807, 2.05) is 20.8 Å². The third kappa shape index (κ3) is 4.67. The van der Waals surface area contributed by atoms with E-state index in [0.717, 1.165) is 13.0 Å². The molecule has 1 aromatic heterocycles. The van der Waals surface area contributed by atoms with Crippen LogP contribution in [0.1, 0.15) is 49.3 Å². The Hall–Kier alpha value is -2.15. The van der Waals surface area contributed by atoms with Crippen molar-refractivity contribution in [3.63, 3.8) is 0 Å². The van der Waals surface area contributed by atoms with Crippen LogP contribution in [0.25, 0.3) is 0 Å². The molecular weight excluding hydrogens is 310 g/mol. The predicted molar refractivity (Wildman–Crippen MR) is 88.7 cm³/mol. The van der Waals surface area contributed by atoms with Crippen molar-refractivity contribution < 1.29 is 19.1 Å². The highest BCUT2D eigenvalue weighted by Crippen LogP contribution is 2.23. The van der Waals surface area contributed by atoms with Gasteiger partial charge in [-0.3, -0.25) is 9.88 Å². The standard InChI is InChI=1S/C17H25N3O4/c1-17(2,3)24-16(22)20-9-5-8-18-11-14(20)13-7-6-12(10-19-13)15(21)23-4/h6-7,10,14,18H,5,8-9,11H2,1-4H3. The number of hydrogen-bond donors (Lipinski definition) is 1. The monoisotopic (exact) mass is 335 g/mol.